The summed E-state index contributed by atoms with van der Waals surface area (Å²) in [6.45, 7) is 2.25. The van der Waals surface area contributed by atoms with Gasteiger partial charge in [0.1, 0.15) is 17.2 Å². The van der Waals surface area contributed by atoms with Crippen molar-refractivity contribution in [3.63, 3.8) is 0 Å². The fourth-order valence-corrected chi connectivity index (χ4v) is 3.15. The Labute approximate surface area is 170 Å². The average Bonchev–Trinajstić information content (AvgIpc) is 2.64. The number of phenols is 2. The zero-order valence-corrected chi connectivity index (χ0v) is 17.5. The van der Waals surface area contributed by atoms with Crippen LogP contribution in [0.15, 0.2) is 30.4 Å². The molecule has 1 aromatic rings. The monoisotopic (exact) mass is 390 g/mol. The maximum absolute atomic E-state index is 11.8. The van der Waals surface area contributed by atoms with Crippen LogP contribution in [0.5, 0.6) is 17.2 Å². The van der Waals surface area contributed by atoms with Gasteiger partial charge in [0.15, 0.2) is 0 Å². The molecule has 158 valence electrons. The smallest absolute Gasteiger partial charge is 0.311 e. The number of rotatable bonds is 16. The molecule has 0 aliphatic rings. The molecule has 0 unspecified atom stereocenters. The summed E-state index contributed by atoms with van der Waals surface area (Å²) in [7, 11) is 0. The second kappa shape index (κ2) is 16.0. The van der Waals surface area contributed by atoms with Crippen LogP contribution in [0.3, 0.4) is 0 Å². The zero-order chi connectivity index (χ0) is 20.5. The van der Waals surface area contributed by atoms with Gasteiger partial charge in [-0.2, -0.15) is 0 Å². The minimum absolute atomic E-state index is 0.121. The fourth-order valence-electron chi connectivity index (χ4n) is 3.15. The summed E-state index contributed by atoms with van der Waals surface area (Å²) in [4.78, 5) is 11.8. The summed E-state index contributed by atoms with van der Waals surface area (Å²) in [6, 6.07) is 3.83. The van der Waals surface area contributed by atoms with Gasteiger partial charge in [-0.15, -0.1) is 0 Å². The van der Waals surface area contributed by atoms with Crippen molar-refractivity contribution in [2.24, 2.45) is 0 Å². The van der Waals surface area contributed by atoms with Crippen LogP contribution in [-0.2, 0) is 4.79 Å². The Bertz CT molecular complexity index is 545. The van der Waals surface area contributed by atoms with E-state index in [0.717, 1.165) is 25.7 Å². The van der Waals surface area contributed by atoms with Crippen molar-refractivity contribution in [3.8, 4) is 17.2 Å². The molecule has 2 N–H and O–H groups in total. The third-order valence-corrected chi connectivity index (χ3v) is 4.75. The number of hydrogen-bond acceptors (Lipinski definition) is 4. The van der Waals surface area contributed by atoms with E-state index in [1.165, 1.54) is 76.0 Å². The largest absolute Gasteiger partial charge is 0.508 e. The van der Waals surface area contributed by atoms with E-state index >= 15 is 0 Å². The fraction of sp³-hybridized carbons (Fsp3) is 0.625. The second-order valence-corrected chi connectivity index (χ2v) is 7.49. The van der Waals surface area contributed by atoms with E-state index in [0.29, 0.717) is 6.42 Å². The van der Waals surface area contributed by atoms with Gasteiger partial charge in [0.05, 0.1) is 0 Å². The van der Waals surface area contributed by atoms with E-state index in [1.807, 2.05) is 0 Å². The van der Waals surface area contributed by atoms with Gasteiger partial charge in [-0.3, -0.25) is 4.79 Å². The predicted molar refractivity (Wildman–Crippen MR) is 115 cm³/mol. The van der Waals surface area contributed by atoms with Crippen molar-refractivity contribution in [1.29, 1.82) is 0 Å². The quantitative estimate of drug-likeness (QED) is 0.137. The first-order chi connectivity index (χ1) is 13.6. The van der Waals surface area contributed by atoms with Crippen LogP contribution in [0.25, 0.3) is 0 Å². The maximum atomic E-state index is 11.8. The van der Waals surface area contributed by atoms with Gasteiger partial charge < -0.3 is 14.9 Å². The van der Waals surface area contributed by atoms with E-state index in [2.05, 4.69) is 19.1 Å². The van der Waals surface area contributed by atoms with Gasteiger partial charge in [-0.1, -0.05) is 70.4 Å². The number of carbonyl (C=O) groups is 1. The molecule has 0 saturated carbocycles. The van der Waals surface area contributed by atoms with Crippen molar-refractivity contribution in [2.45, 2.75) is 96.8 Å². The van der Waals surface area contributed by atoms with Gasteiger partial charge in [0.25, 0.3) is 0 Å². The highest BCUT2D eigenvalue weighted by molar-refractivity contribution is 5.72. The van der Waals surface area contributed by atoms with Gasteiger partial charge >= 0.3 is 5.97 Å². The molecule has 4 heteroatoms. The minimum atomic E-state index is -0.331. The average molecular weight is 391 g/mol. The number of allylic oxidation sites excluding steroid dienone is 2. The lowest BCUT2D eigenvalue weighted by atomic mass is 10.1. The Morgan fingerprint density at radius 1 is 0.786 bits per heavy atom. The Kier molecular flexibility index (Phi) is 13.8. The van der Waals surface area contributed by atoms with Gasteiger partial charge in [0.2, 0.25) is 0 Å². The third kappa shape index (κ3) is 13.2. The highest BCUT2D eigenvalue weighted by atomic mass is 16.5. The van der Waals surface area contributed by atoms with Crippen LogP contribution < -0.4 is 4.74 Å². The highest BCUT2D eigenvalue weighted by Crippen LogP contribution is 2.26. The number of ether oxygens (including phenoxy) is 1. The van der Waals surface area contributed by atoms with Crippen LogP contribution >= 0.6 is 0 Å². The molecule has 0 saturated heterocycles. The van der Waals surface area contributed by atoms with Crippen molar-refractivity contribution in [2.75, 3.05) is 0 Å². The molecule has 4 nitrogen and oxygen atoms in total. The number of benzene rings is 1. The first-order valence-corrected chi connectivity index (χ1v) is 11.0. The van der Waals surface area contributed by atoms with Crippen LogP contribution in [-0.4, -0.2) is 16.2 Å². The molecule has 0 aliphatic heterocycles. The van der Waals surface area contributed by atoms with Gasteiger partial charge in [-0.25, -0.2) is 0 Å². The van der Waals surface area contributed by atoms with Crippen LogP contribution in [0, 0.1) is 0 Å². The van der Waals surface area contributed by atoms with Gasteiger partial charge in [-0.05, 0) is 32.1 Å². The SMILES string of the molecule is CCCCCCCCC=CCCCCCCCC(=O)Oc1cc(O)cc(O)c1. The Morgan fingerprint density at radius 3 is 1.86 bits per heavy atom. The first kappa shape index (κ1) is 24.1. The van der Waals surface area contributed by atoms with E-state index in [1.54, 1.807) is 0 Å². The molecule has 0 heterocycles. The lowest BCUT2D eigenvalue weighted by Crippen LogP contribution is -2.07. The van der Waals surface area contributed by atoms with E-state index in [4.69, 9.17) is 4.74 Å². The highest BCUT2D eigenvalue weighted by Gasteiger charge is 2.07. The van der Waals surface area contributed by atoms with Crippen molar-refractivity contribution >= 4 is 5.97 Å². The second-order valence-electron chi connectivity index (χ2n) is 7.49. The summed E-state index contributed by atoms with van der Waals surface area (Å²) in [5.41, 5.74) is 0. The molecular weight excluding hydrogens is 352 g/mol. The van der Waals surface area contributed by atoms with Crippen LogP contribution in [0.1, 0.15) is 96.8 Å². The number of hydrogen-bond donors (Lipinski definition) is 2. The summed E-state index contributed by atoms with van der Waals surface area (Å²) < 4.78 is 5.13. The van der Waals surface area contributed by atoms with Crippen molar-refractivity contribution < 1.29 is 19.7 Å². The molecule has 0 aromatic heterocycles. The Balaban J connectivity index is 1.92. The summed E-state index contributed by atoms with van der Waals surface area (Å²) in [5.74, 6) is -0.398. The lowest BCUT2D eigenvalue weighted by Gasteiger charge is -2.05. The molecule has 0 amide bonds. The Morgan fingerprint density at radius 2 is 1.29 bits per heavy atom. The van der Waals surface area contributed by atoms with Crippen LogP contribution in [0.2, 0.25) is 0 Å². The summed E-state index contributed by atoms with van der Waals surface area (Å²) in [5, 5.41) is 18.7. The van der Waals surface area contributed by atoms with Crippen molar-refractivity contribution in [3.05, 3.63) is 30.4 Å². The van der Waals surface area contributed by atoms with Gasteiger partial charge in [0, 0.05) is 24.6 Å². The first-order valence-electron chi connectivity index (χ1n) is 11.0. The molecule has 0 spiro atoms. The molecule has 0 atom stereocenters. The number of aromatic hydroxyl groups is 2. The topological polar surface area (TPSA) is 66.8 Å². The zero-order valence-electron chi connectivity index (χ0n) is 17.5. The molecule has 1 aromatic carbocycles. The van der Waals surface area contributed by atoms with E-state index in [-0.39, 0.29) is 23.2 Å². The summed E-state index contributed by atoms with van der Waals surface area (Å²) >= 11 is 0. The molecule has 0 radical (unpaired) electrons. The molecule has 0 aliphatic carbocycles. The number of phenolic OH excluding ortho intramolecular Hbond substituents is 2. The lowest BCUT2D eigenvalue weighted by molar-refractivity contribution is -0.134. The molecule has 28 heavy (non-hydrogen) atoms. The summed E-state index contributed by atoms with van der Waals surface area (Å²) in [6.07, 6.45) is 20.8. The molecule has 0 bridgehead atoms. The number of carbonyl (C=O) groups excluding carboxylic acids is 1. The minimum Gasteiger partial charge on any atom is -0.508 e. The van der Waals surface area contributed by atoms with E-state index < -0.39 is 0 Å². The number of esters is 1. The van der Waals surface area contributed by atoms with Crippen molar-refractivity contribution in [1.82, 2.24) is 0 Å². The maximum Gasteiger partial charge on any atom is 0.311 e. The number of unbranched alkanes of at least 4 members (excludes halogenated alkanes) is 11. The third-order valence-electron chi connectivity index (χ3n) is 4.75. The molecular formula is C24H38O4. The van der Waals surface area contributed by atoms with E-state index in [9.17, 15) is 15.0 Å². The van der Waals surface area contributed by atoms with Crippen LogP contribution in [0.4, 0.5) is 0 Å². The standard InChI is InChI=1S/C24H38O4/c1-2-3-4-5-6-7-8-9-10-11-12-13-14-15-16-17-24(27)28-23-19-21(25)18-22(26)20-23/h9-10,18-20,25-26H,2-8,11-17H2,1H3. The normalized spacial score (nSPS) is 11.2. The Hall–Kier alpha value is -1.97. The predicted octanol–water partition coefficient (Wildman–Crippen LogP) is 7.04. The molecule has 0 fully saturated rings. The molecule has 1 rings (SSSR count).